The molecule has 0 atom stereocenters. The van der Waals surface area contributed by atoms with Crippen LogP contribution in [0.25, 0.3) is 0 Å². The highest BCUT2D eigenvalue weighted by Gasteiger charge is 2.18. The summed E-state index contributed by atoms with van der Waals surface area (Å²) in [5.41, 5.74) is 0. The van der Waals surface area contributed by atoms with Gasteiger partial charge in [-0.2, -0.15) is 0 Å². The summed E-state index contributed by atoms with van der Waals surface area (Å²) in [5.74, 6) is -0.455. The molecular weight excluding hydrogens is 272 g/mol. The molecule has 21 heavy (non-hydrogen) atoms. The summed E-state index contributed by atoms with van der Waals surface area (Å²) >= 11 is 0. The number of carbonyl (C=O) groups is 3. The van der Waals surface area contributed by atoms with E-state index >= 15 is 0 Å². The van der Waals surface area contributed by atoms with E-state index in [-0.39, 0.29) is 43.4 Å². The first kappa shape index (κ1) is 19.4. The molecule has 2 N–H and O–H groups in total. The number of amides is 3. The van der Waals surface area contributed by atoms with Gasteiger partial charge in [0.25, 0.3) is 0 Å². The van der Waals surface area contributed by atoms with Crippen LogP contribution in [0.2, 0.25) is 0 Å². The highest BCUT2D eigenvalue weighted by atomic mass is 16.2. The third-order valence-electron chi connectivity index (χ3n) is 2.71. The fourth-order valence-corrected chi connectivity index (χ4v) is 1.80. The summed E-state index contributed by atoms with van der Waals surface area (Å²) in [7, 11) is 1.71. The van der Waals surface area contributed by atoms with Gasteiger partial charge in [0.05, 0.1) is 19.6 Å². The van der Waals surface area contributed by atoms with E-state index in [1.165, 1.54) is 4.90 Å². The Hall–Kier alpha value is -1.63. The molecular formula is C14H28N4O3. The van der Waals surface area contributed by atoms with Gasteiger partial charge in [-0.25, -0.2) is 0 Å². The normalized spacial score (nSPS) is 10.6. The Morgan fingerprint density at radius 3 is 2.10 bits per heavy atom. The molecule has 0 aliphatic heterocycles. The molecule has 0 unspecified atom stereocenters. The van der Waals surface area contributed by atoms with E-state index in [2.05, 4.69) is 10.6 Å². The van der Waals surface area contributed by atoms with Gasteiger partial charge in [-0.05, 0) is 34.7 Å². The molecule has 0 rings (SSSR count). The van der Waals surface area contributed by atoms with Crippen molar-refractivity contribution in [3.8, 4) is 0 Å². The summed E-state index contributed by atoms with van der Waals surface area (Å²) in [6, 6.07) is 0.0754. The third kappa shape index (κ3) is 9.01. The molecule has 0 saturated heterocycles. The summed E-state index contributed by atoms with van der Waals surface area (Å²) < 4.78 is 0. The molecule has 0 bridgehead atoms. The zero-order valence-corrected chi connectivity index (χ0v) is 13.7. The van der Waals surface area contributed by atoms with Crippen molar-refractivity contribution in [2.45, 2.75) is 33.7 Å². The smallest absolute Gasteiger partial charge is 0.239 e. The first-order chi connectivity index (χ1) is 9.79. The van der Waals surface area contributed by atoms with Crippen LogP contribution in [0.15, 0.2) is 0 Å². The van der Waals surface area contributed by atoms with Crippen LogP contribution >= 0.6 is 0 Å². The molecule has 3 amide bonds. The van der Waals surface area contributed by atoms with E-state index in [0.717, 1.165) is 0 Å². The second kappa shape index (κ2) is 10.1. The lowest BCUT2D eigenvalue weighted by Crippen LogP contribution is -2.46. The van der Waals surface area contributed by atoms with E-state index in [1.54, 1.807) is 11.9 Å². The van der Waals surface area contributed by atoms with E-state index < -0.39 is 0 Å². The predicted octanol–water partition coefficient (Wildman–Crippen LogP) is -0.573. The Bertz CT molecular complexity index is 358. The van der Waals surface area contributed by atoms with Crippen molar-refractivity contribution in [3.63, 3.8) is 0 Å². The van der Waals surface area contributed by atoms with Gasteiger partial charge in [0.15, 0.2) is 0 Å². The second-order valence-electron chi connectivity index (χ2n) is 5.26. The maximum Gasteiger partial charge on any atom is 0.239 e. The standard InChI is InChI=1S/C14H28N4O3/c1-6-15-12(19)9-18(7-2)14(21)10-17(5)8-13(20)16-11(3)4/h11H,6-10H2,1-5H3,(H,15,19)(H,16,20). The van der Waals surface area contributed by atoms with Gasteiger partial charge in [-0.3, -0.25) is 19.3 Å². The van der Waals surface area contributed by atoms with Crippen LogP contribution in [-0.4, -0.2) is 73.3 Å². The molecule has 122 valence electrons. The first-order valence-electron chi connectivity index (χ1n) is 7.32. The minimum atomic E-state index is -0.173. The Morgan fingerprint density at radius 2 is 1.62 bits per heavy atom. The van der Waals surface area contributed by atoms with Crippen LogP contribution < -0.4 is 10.6 Å². The van der Waals surface area contributed by atoms with E-state index in [1.807, 2.05) is 27.7 Å². The van der Waals surface area contributed by atoms with Crippen LogP contribution in [0.4, 0.5) is 0 Å². The minimum absolute atomic E-state index is 0.0508. The maximum atomic E-state index is 12.1. The summed E-state index contributed by atoms with van der Waals surface area (Å²) in [6.07, 6.45) is 0. The largest absolute Gasteiger partial charge is 0.355 e. The quantitative estimate of drug-likeness (QED) is 0.597. The lowest BCUT2D eigenvalue weighted by Gasteiger charge is -2.23. The molecule has 0 aromatic carbocycles. The van der Waals surface area contributed by atoms with Crippen LogP contribution in [0, 0.1) is 0 Å². The van der Waals surface area contributed by atoms with E-state index in [4.69, 9.17) is 0 Å². The maximum absolute atomic E-state index is 12.1. The topological polar surface area (TPSA) is 81.8 Å². The lowest BCUT2D eigenvalue weighted by molar-refractivity contribution is -0.137. The average Bonchev–Trinajstić information content (AvgIpc) is 2.34. The summed E-state index contributed by atoms with van der Waals surface area (Å²) in [6.45, 7) is 8.74. The van der Waals surface area contributed by atoms with Crippen molar-refractivity contribution in [1.82, 2.24) is 20.4 Å². The first-order valence-corrected chi connectivity index (χ1v) is 7.32. The molecule has 0 aromatic heterocycles. The van der Waals surface area contributed by atoms with Crippen molar-refractivity contribution in [2.24, 2.45) is 0 Å². The van der Waals surface area contributed by atoms with E-state index in [9.17, 15) is 14.4 Å². The fraction of sp³-hybridized carbons (Fsp3) is 0.786. The van der Waals surface area contributed by atoms with Gasteiger partial charge in [0, 0.05) is 19.1 Å². The predicted molar refractivity (Wildman–Crippen MR) is 81.7 cm³/mol. The van der Waals surface area contributed by atoms with Crippen molar-refractivity contribution in [1.29, 1.82) is 0 Å². The molecule has 7 heteroatoms. The Balaban J connectivity index is 4.30. The SMILES string of the molecule is CCNC(=O)CN(CC)C(=O)CN(C)CC(=O)NC(C)C. The van der Waals surface area contributed by atoms with Gasteiger partial charge in [-0.1, -0.05) is 0 Å². The number of likely N-dealkylation sites (N-methyl/N-ethyl adjacent to an activating group) is 3. The van der Waals surface area contributed by atoms with Gasteiger partial charge in [-0.15, -0.1) is 0 Å². The number of carbonyl (C=O) groups excluding carboxylic acids is 3. The van der Waals surface area contributed by atoms with Gasteiger partial charge < -0.3 is 15.5 Å². The lowest BCUT2D eigenvalue weighted by atomic mass is 10.3. The highest BCUT2D eigenvalue weighted by Crippen LogP contribution is 1.93. The van der Waals surface area contributed by atoms with Gasteiger partial charge in [0.2, 0.25) is 17.7 Å². The minimum Gasteiger partial charge on any atom is -0.355 e. The van der Waals surface area contributed by atoms with Crippen LogP contribution in [0.1, 0.15) is 27.7 Å². The molecule has 0 aliphatic rings. The number of nitrogens with zero attached hydrogens (tertiary/aromatic N) is 2. The highest BCUT2D eigenvalue weighted by molar-refractivity contribution is 5.86. The molecule has 0 aliphatic carbocycles. The zero-order chi connectivity index (χ0) is 16.4. The molecule has 7 nitrogen and oxygen atoms in total. The molecule has 0 spiro atoms. The van der Waals surface area contributed by atoms with Crippen LogP contribution in [0.3, 0.4) is 0 Å². The molecule has 0 radical (unpaired) electrons. The fourth-order valence-electron chi connectivity index (χ4n) is 1.80. The third-order valence-corrected chi connectivity index (χ3v) is 2.71. The average molecular weight is 300 g/mol. The van der Waals surface area contributed by atoms with Crippen LogP contribution in [0.5, 0.6) is 0 Å². The molecule has 0 heterocycles. The van der Waals surface area contributed by atoms with Crippen molar-refractivity contribution >= 4 is 17.7 Å². The zero-order valence-electron chi connectivity index (χ0n) is 13.7. The van der Waals surface area contributed by atoms with Crippen LogP contribution in [-0.2, 0) is 14.4 Å². The molecule has 0 fully saturated rings. The summed E-state index contributed by atoms with van der Waals surface area (Å²) in [5, 5.41) is 5.43. The molecule has 0 saturated carbocycles. The van der Waals surface area contributed by atoms with Crippen molar-refractivity contribution in [2.75, 3.05) is 39.8 Å². The van der Waals surface area contributed by atoms with Crippen molar-refractivity contribution < 1.29 is 14.4 Å². The summed E-state index contributed by atoms with van der Waals surface area (Å²) in [4.78, 5) is 38.3. The van der Waals surface area contributed by atoms with Gasteiger partial charge >= 0.3 is 0 Å². The number of rotatable bonds is 9. The monoisotopic (exact) mass is 300 g/mol. The number of nitrogens with one attached hydrogen (secondary N) is 2. The van der Waals surface area contributed by atoms with Gasteiger partial charge in [0.1, 0.15) is 0 Å². The number of hydrogen-bond donors (Lipinski definition) is 2. The van der Waals surface area contributed by atoms with E-state index in [0.29, 0.717) is 13.1 Å². The second-order valence-corrected chi connectivity index (χ2v) is 5.26. The van der Waals surface area contributed by atoms with Crippen molar-refractivity contribution in [3.05, 3.63) is 0 Å². The Kier molecular flexibility index (Phi) is 9.36. The number of hydrogen-bond acceptors (Lipinski definition) is 4. The molecule has 0 aromatic rings. The Labute approximate surface area is 127 Å². The Morgan fingerprint density at radius 1 is 1.00 bits per heavy atom.